The van der Waals surface area contributed by atoms with Gasteiger partial charge in [-0.2, -0.15) is 0 Å². The Morgan fingerprint density at radius 3 is 2.21 bits per heavy atom. The quantitative estimate of drug-likeness (QED) is 0.746. The van der Waals surface area contributed by atoms with E-state index in [9.17, 15) is 8.42 Å². The molecule has 3 nitrogen and oxygen atoms in total. The van der Waals surface area contributed by atoms with Crippen molar-refractivity contribution < 1.29 is 8.42 Å². The second kappa shape index (κ2) is 7.27. The van der Waals surface area contributed by atoms with Gasteiger partial charge in [0.05, 0.1) is 4.90 Å². The van der Waals surface area contributed by atoms with Crippen LogP contribution in [0.4, 0.5) is 0 Å². The molecule has 0 heterocycles. The van der Waals surface area contributed by atoms with E-state index in [-0.39, 0.29) is 9.72 Å². The normalized spacial score (nSPS) is 13.8. The number of hydrogen-bond donors (Lipinski definition) is 1. The van der Waals surface area contributed by atoms with E-state index >= 15 is 0 Å². The molecular formula is C12H16BrCl2NO2S. The number of halogens is 3. The third-order valence-electron chi connectivity index (χ3n) is 2.37. The first-order valence-corrected chi connectivity index (χ1v) is 8.96. The average Bonchev–Trinajstić information content (AvgIpc) is 2.24. The SMILES string of the molecule is CC(C)CC(Br)CNS(=O)(=O)c1cc(Cl)cc(Cl)c1. The lowest BCUT2D eigenvalue weighted by molar-refractivity contribution is 0.551. The van der Waals surface area contributed by atoms with Gasteiger partial charge in [0.1, 0.15) is 0 Å². The highest BCUT2D eigenvalue weighted by molar-refractivity contribution is 9.09. The molecule has 0 spiro atoms. The summed E-state index contributed by atoms with van der Waals surface area (Å²) in [7, 11) is -3.59. The Labute approximate surface area is 132 Å². The minimum Gasteiger partial charge on any atom is -0.210 e. The zero-order chi connectivity index (χ0) is 14.6. The Balaban J connectivity index is 2.76. The van der Waals surface area contributed by atoms with Gasteiger partial charge in [0.2, 0.25) is 10.0 Å². The van der Waals surface area contributed by atoms with Crippen LogP contribution >= 0.6 is 39.1 Å². The Morgan fingerprint density at radius 1 is 1.21 bits per heavy atom. The lowest BCUT2D eigenvalue weighted by Crippen LogP contribution is -2.30. The molecule has 108 valence electrons. The summed E-state index contributed by atoms with van der Waals surface area (Å²) in [6, 6.07) is 4.25. The van der Waals surface area contributed by atoms with Crippen LogP contribution in [-0.2, 0) is 10.0 Å². The molecule has 0 fully saturated rings. The third kappa shape index (κ3) is 6.00. The van der Waals surface area contributed by atoms with Crippen LogP contribution in [0.5, 0.6) is 0 Å². The van der Waals surface area contributed by atoms with Crippen molar-refractivity contribution in [1.82, 2.24) is 4.72 Å². The topological polar surface area (TPSA) is 46.2 Å². The maximum absolute atomic E-state index is 12.1. The van der Waals surface area contributed by atoms with Crippen molar-refractivity contribution in [1.29, 1.82) is 0 Å². The molecule has 0 bridgehead atoms. The fourth-order valence-corrected chi connectivity index (χ4v) is 4.49. The van der Waals surface area contributed by atoms with Crippen LogP contribution in [0.3, 0.4) is 0 Å². The van der Waals surface area contributed by atoms with Crippen molar-refractivity contribution in [3.63, 3.8) is 0 Å². The number of rotatable bonds is 6. The number of nitrogens with one attached hydrogen (secondary N) is 1. The van der Waals surface area contributed by atoms with Gasteiger partial charge in [-0.15, -0.1) is 0 Å². The summed E-state index contributed by atoms with van der Waals surface area (Å²) in [6.45, 7) is 4.49. The maximum atomic E-state index is 12.1. The molecule has 0 saturated heterocycles. The molecule has 0 amide bonds. The zero-order valence-electron chi connectivity index (χ0n) is 10.7. The van der Waals surface area contributed by atoms with E-state index in [1.165, 1.54) is 18.2 Å². The van der Waals surface area contributed by atoms with E-state index in [0.29, 0.717) is 22.5 Å². The Kier molecular flexibility index (Phi) is 6.60. The molecule has 1 N–H and O–H groups in total. The first kappa shape index (κ1) is 17.2. The lowest BCUT2D eigenvalue weighted by atomic mass is 10.1. The van der Waals surface area contributed by atoms with Gasteiger partial charge in [0.25, 0.3) is 0 Å². The highest BCUT2D eigenvalue weighted by Gasteiger charge is 2.17. The summed E-state index contributed by atoms with van der Waals surface area (Å²) in [5.41, 5.74) is 0. The summed E-state index contributed by atoms with van der Waals surface area (Å²) in [5, 5.41) is 0.593. The van der Waals surface area contributed by atoms with Crippen LogP contribution in [0.15, 0.2) is 23.1 Å². The zero-order valence-corrected chi connectivity index (χ0v) is 14.6. The number of hydrogen-bond acceptors (Lipinski definition) is 2. The van der Waals surface area contributed by atoms with Gasteiger partial charge in [-0.1, -0.05) is 53.0 Å². The highest BCUT2D eigenvalue weighted by Crippen LogP contribution is 2.22. The summed E-state index contributed by atoms with van der Waals surface area (Å²) < 4.78 is 26.7. The monoisotopic (exact) mass is 387 g/mol. The van der Waals surface area contributed by atoms with E-state index in [1.807, 2.05) is 0 Å². The van der Waals surface area contributed by atoms with Gasteiger partial charge < -0.3 is 0 Å². The number of benzene rings is 1. The molecule has 1 unspecified atom stereocenters. The Hall–Kier alpha value is 0.190. The maximum Gasteiger partial charge on any atom is 0.240 e. The fraction of sp³-hybridized carbons (Fsp3) is 0.500. The third-order valence-corrected chi connectivity index (χ3v) is 4.91. The first-order chi connectivity index (χ1) is 8.70. The largest absolute Gasteiger partial charge is 0.240 e. The van der Waals surface area contributed by atoms with Gasteiger partial charge in [-0.3, -0.25) is 0 Å². The van der Waals surface area contributed by atoms with E-state index < -0.39 is 10.0 Å². The molecule has 1 aromatic carbocycles. The average molecular weight is 389 g/mol. The van der Waals surface area contributed by atoms with Crippen molar-refractivity contribution in [3.05, 3.63) is 28.2 Å². The molecule has 1 atom stereocenters. The van der Waals surface area contributed by atoms with Gasteiger partial charge in [-0.05, 0) is 30.5 Å². The smallest absolute Gasteiger partial charge is 0.210 e. The van der Waals surface area contributed by atoms with Crippen LogP contribution in [0.25, 0.3) is 0 Å². The van der Waals surface area contributed by atoms with Gasteiger partial charge >= 0.3 is 0 Å². The van der Waals surface area contributed by atoms with E-state index in [1.54, 1.807) is 0 Å². The van der Waals surface area contributed by atoms with Gasteiger partial charge in [0, 0.05) is 21.4 Å². The summed E-state index contributed by atoms with van der Waals surface area (Å²) in [5.74, 6) is 0.495. The molecule has 0 aliphatic carbocycles. The second-order valence-electron chi connectivity index (χ2n) is 4.68. The molecule has 1 rings (SSSR count). The molecule has 0 radical (unpaired) electrons. The number of sulfonamides is 1. The van der Waals surface area contributed by atoms with Crippen LogP contribution in [-0.4, -0.2) is 19.8 Å². The molecule has 1 aromatic rings. The lowest BCUT2D eigenvalue weighted by Gasteiger charge is -2.13. The van der Waals surface area contributed by atoms with Crippen LogP contribution in [0, 0.1) is 5.92 Å². The van der Waals surface area contributed by atoms with Crippen molar-refractivity contribution in [2.75, 3.05) is 6.54 Å². The minimum absolute atomic E-state index is 0.0780. The molecule has 0 aromatic heterocycles. The molecule has 0 aliphatic rings. The molecule has 0 aliphatic heterocycles. The molecule has 7 heteroatoms. The standard InChI is InChI=1S/C12H16BrCl2NO2S/c1-8(2)3-9(13)7-16-19(17,18)12-5-10(14)4-11(15)6-12/h4-6,8-9,16H,3,7H2,1-2H3. The van der Waals surface area contributed by atoms with Crippen molar-refractivity contribution in [2.45, 2.75) is 30.0 Å². The van der Waals surface area contributed by atoms with Gasteiger partial charge in [0.15, 0.2) is 0 Å². The predicted molar refractivity (Wildman–Crippen MR) is 83.8 cm³/mol. The molecular weight excluding hydrogens is 373 g/mol. The van der Waals surface area contributed by atoms with E-state index in [4.69, 9.17) is 23.2 Å². The fourth-order valence-electron chi connectivity index (χ4n) is 1.56. The first-order valence-electron chi connectivity index (χ1n) is 5.80. The van der Waals surface area contributed by atoms with Crippen molar-refractivity contribution in [2.24, 2.45) is 5.92 Å². The van der Waals surface area contributed by atoms with E-state index in [2.05, 4.69) is 34.5 Å². The minimum atomic E-state index is -3.59. The predicted octanol–water partition coefficient (Wildman–Crippen LogP) is 4.08. The Bertz CT molecular complexity index is 514. The van der Waals surface area contributed by atoms with Crippen molar-refractivity contribution in [3.8, 4) is 0 Å². The Morgan fingerprint density at radius 2 is 1.74 bits per heavy atom. The second-order valence-corrected chi connectivity index (χ2v) is 8.62. The van der Waals surface area contributed by atoms with Gasteiger partial charge in [-0.25, -0.2) is 13.1 Å². The van der Waals surface area contributed by atoms with Crippen LogP contribution in [0.2, 0.25) is 10.0 Å². The van der Waals surface area contributed by atoms with Crippen LogP contribution < -0.4 is 4.72 Å². The number of alkyl halides is 1. The summed E-state index contributed by atoms with van der Waals surface area (Å²) in [6.07, 6.45) is 0.888. The van der Waals surface area contributed by atoms with E-state index in [0.717, 1.165) is 6.42 Å². The highest BCUT2D eigenvalue weighted by atomic mass is 79.9. The van der Waals surface area contributed by atoms with Crippen LogP contribution in [0.1, 0.15) is 20.3 Å². The molecule has 19 heavy (non-hydrogen) atoms. The summed E-state index contributed by atoms with van der Waals surface area (Å²) in [4.78, 5) is 0.172. The summed E-state index contributed by atoms with van der Waals surface area (Å²) >= 11 is 15.1. The van der Waals surface area contributed by atoms with Crippen molar-refractivity contribution >= 4 is 49.2 Å². The molecule has 0 saturated carbocycles.